The lowest BCUT2D eigenvalue weighted by Crippen LogP contribution is -2.33. The Labute approximate surface area is 175 Å². The van der Waals surface area contributed by atoms with Crippen molar-refractivity contribution in [2.24, 2.45) is 0 Å². The molecule has 0 N–H and O–H groups in total. The number of methoxy groups -OCH3 is 1. The van der Waals surface area contributed by atoms with Crippen LogP contribution in [0, 0.1) is 0 Å². The molecule has 0 radical (unpaired) electrons. The van der Waals surface area contributed by atoms with Crippen molar-refractivity contribution in [3.05, 3.63) is 67.3 Å². The molecular weight excluding hydrogens is 384 g/mol. The second-order valence-corrected chi connectivity index (χ2v) is 7.71. The second-order valence-electron chi connectivity index (χ2n) is 6.40. The molecule has 29 heavy (non-hydrogen) atoms. The molecule has 0 aliphatic rings. The molecule has 1 aromatic heterocycles. The predicted molar refractivity (Wildman–Crippen MR) is 117 cm³/mol. The lowest BCUT2D eigenvalue weighted by Gasteiger charge is -2.21. The number of para-hydroxylation sites is 2. The van der Waals surface area contributed by atoms with E-state index in [2.05, 4.69) is 16.8 Å². The largest absolute Gasteiger partial charge is 0.496 e. The first-order chi connectivity index (χ1) is 14.1. The number of carbonyl (C=O) groups excluding carboxylic acids is 1. The van der Waals surface area contributed by atoms with Crippen molar-refractivity contribution in [2.45, 2.75) is 23.9 Å². The molecule has 1 amide bonds. The monoisotopic (exact) mass is 408 g/mol. The zero-order valence-corrected chi connectivity index (χ0v) is 17.6. The Morgan fingerprint density at radius 2 is 1.90 bits per heavy atom. The van der Waals surface area contributed by atoms with Gasteiger partial charge in [0.1, 0.15) is 5.75 Å². The van der Waals surface area contributed by atoms with Gasteiger partial charge in [0.15, 0.2) is 11.0 Å². The van der Waals surface area contributed by atoms with Gasteiger partial charge in [0, 0.05) is 19.3 Å². The lowest BCUT2D eigenvalue weighted by molar-refractivity contribution is -0.117. The molecule has 150 valence electrons. The minimum Gasteiger partial charge on any atom is -0.496 e. The van der Waals surface area contributed by atoms with Crippen LogP contribution in [0.3, 0.4) is 0 Å². The highest BCUT2D eigenvalue weighted by molar-refractivity contribution is 8.00. The zero-order valence-electron chi connectivity index (χ0n) is 16.8. The number of nitrogens with zero attached hydrogens (tertiary/aromatic N) is 4. The molecule has 0 aliphatic heterocycles. The van der Waals surface area contributed by atoms with Crippen molar-refractivity contribution in [1.82, 2.24) is 14.8 Å². The van der Waals surface area contributed by atoms with Crippen LogP contribution in [0.2, 0.25) is 0 Å². The minimum absolute atomic E-state index is 0.00630. The second kappa shape index (κ2) is 9.43. The van der Waals surface area contributed by atoms with Crippen molar-refractivity contribution in [3.63, 3.8) is 0 Å². The van der Waals surface area contributed by atoms with Crippen LogP contribution in [0.5, 0.6) is 5.75 Å². The van der Waals surface area contributed by atoms with Crippen LogP contribution in [0.25, 0.3) is 11.4 Å². The Balaban J connectivity index is 1.86. The van der Waals surface area contributed by atoms with E-state index in [1.807, 2.05) is 66.1 Å². The number of allylic oxidation sites excluding steroid dienone is 1. The Kier molecular flexibility index (Phi) is 6.72. The van der Waals surface area contributed by atoms with Gasteiger partial charge in [-0.05, 0) is 31.2 Å². The number of hydrogen-bond acceptors (Lipinski definition) is 5. The van der Waals surface area contributed by atoms with E-state index in [1.54, 1.807) is 25.1 Å². The maximum atomic E-state index is 12.9. The molecule has 7 heteroatoms. The Hall–Kier alpha value is -3.06. The van der Waals surface area contributed by atoms with Gasteiger partial charge in [0.05, 0.1) is 17.9 Å². The van der Waals surface area contributed by atoms with Crippen LogP contribution >= 0.6 is 11.8 Å². The molecule has 3 aromatic rings. The van der Waals surface area contributed by atoms with Gasteiger partial charge in [-0.25, -0.2) is 0 Å². The maximum absolute atomic E-state index is 12.9. The molecule has 1 heterocycles. The normalized spacial score (nSPS) is 11.7. The summed E-state index contributed by atoms with van der Waals surface area (Å²) < 4.78 is 7.41. The summed E-state index contributed by atoms with van der Waals surface area (Å²) in [6, 6.07) is 17.2. The summed E-state index contributed by atoms with van der Waals surface area (Å²) in [7, 11) is 3.41. The first-order valence-electron chi connectivity index (χ1n) is 9.23. The number of hydrogen-bond donors (Lipinski definition) is 0. The first-order valence-corrected chi connectivity index (χ1v) is 10.1. The molecule has 0 spiro atoms. The number of anilines is 1. The molecule has 0 bridgehead atoms. The summed E-state index contributed by atoms with van der Waals surface area (Å²) in [6.45, 7) is 6.25. The minimum atomic E-state index is -0.335. The Bertz CT molecular complexity index is 987. The maximum Gasteiger partial charge on any atom is 0.240 e. The van der Waals surface area contributed by atoms with Crippen LogP contribution < -0.4 is 9.64 Å². The first kappa shape index (κ1) is 20.7. The molecule has 0 fully saturated rings. The van der Waals surface area contributed by atoms with E-state index in [9.17, 15) is 4.79 Å². The standard InChI is InChI=1S/C22H24N4O2S/c1-5-15-26-20(18-13-9-10-14-19(18)28-4)23-24-22(26)29-16(2)21(27)25(3)17-11-7-6-8-12-17/h5-14,16H,1,15H2,2-4H3/t16-/m0/s1. The van der Waals surface area contributed by atoms with E-state index >= 15 is 0 Å². The van der Waals surface area contributed by atoms with Gasteiger partial charge >= 0.3 is 0 Å². The molecule has 0 saturated carbocycles. The number of thioether (sulfide) groups is 1. The number of carbonyl (C=O) groups is 1. The number of rotatable bonds is 8. The Morgan fingerprint density at radius 1 is 1.21 bits per heavy atom. The summed E-state index contributed by atoms with van der Waals surface area (Å²) in [4.78, 5) is 14.6. The van der Waals surface area contributed by atoms with Gasteiger partial charge in [0.25, 0.3) is 0 Å². The summed E-state index contributed by atoms with van der Waals surface area (Å²) in [5, 5.41) is 9.04. The summed E-state index contributed by atoms with van der Waals surface area (Å²) in [6.07, 6.45) is 1.79. The van der Waals surface area contributed by atoms with Crippen molar-refractivity contribution < 1.29 is 9.53 Å². The highest BCUT2D eigenvalue weighted by atomic mass is 32.2. The fraction of sp³-hybridized carbons (Fsp3) is 0.227. The number of benzene rings is 2. The van der Waals surface area contributed by atoms with Gasteiger partial charge in [-0.3, -0.25) is 9.36 Å². The van der Waals surface area contributed by atoms with E-state index in [0.717, 1.165) is 17.0 Å². The molecule has 0 unspecified atom stereocenters. The van der Waals surface area contributed by atoms with Crippen LogP contribution in [-0.2, 0) is 11.3 Å². The van der Waals surface area contributed by atoms with Gasteiger partial charge in [-0.1, -0.05) is 48.2 Å². The third-order valence-corrected chi connectivity index (χ3v) is 5.55. The van der Waals surface area contributed by atoms with Crippen molar-refractivity contribution in [3.8, 4) is 17.1 Å². The van der Waals surface area contributed by atoms with Crippen molar-refractivity contribution in [1.29, 1.82) is 0 Å². The quantitative estimate of drug-likeness (QED) is 0.411. The van der Waals surface area contributed by atoms with Crippen LogP contribution in [0.1, 0.15) is 6.92 Å². The highest BCUT2D eigenvalue weighted by Gasteiger charge is 2.24. The molecule has 3 rings (SSSR count). The molecule has 0 aliphatic carbocycles. The molecule has 2 aromatic carbocycles. The third kappa shape index (κ3) is 4.51. The smallest absolute Gasteiger partial charge is 0.240 e. The summed E-state index contributed by atoms with van der Waals surface area (Å²) >= 11 is 1.38. The fourth-order valence-corrected chi connectivity index (χ4v) is 3.91. The molecule has 1 atom stereocenters. The van der Waals surface area contributed by atoms with Crippen molar-refractivity contribution >= 4 is 23.4 Å². The van der Waals surface area contributed by atoms with Gasteiger partial charge < -0.3 is 9.64 Å². The highest BCUT2D eigenvalue weighted by Crippen LogP contribution is 2.32. The Morgan fingerprint density at radius 3 is 2.59 bits per heavy atom. The molecule has 0 saturated heterocycles. The average Bonchev–Trinajstić information content (AvgIpc) is 3.15. The van der Waals surface area contributed by atoms with E-state index in [4.69, 9.17) is 4.74 Å². The average molecular weight is 409 g/mol. The summed E-state index contributed by atoms with van der Waals surface area (Å²) in [5.74, 6) is 1.39. The number of amides is 1. The predicted octanol–water partition coefficient (Wildman–Crippen LogP) is 4.28. The van der Waals surface area contributed by atoms with Crippen LogP contribution in [-0.4, -0.2) is 40.1 Å². The van der Waals surface area contributed by atoms with E-state index < -0.39 is 0 Å². The van der Waals surface area contributed by atoms with Gasteiger partial charge in [-0.15, -0.1) is 16.8 Å². The fourth-order valence-electron chi connectivity index (χ4n) is 2.96. The lowest BCUT2D eigenvalue weighted by atomic mass is 10.2. The van der Waals surface area contributed by atoms with Gasteiger partial charge in [-0.2, -0.15) is 0 Å². The SMILES string of the molecule is C=CCn1c(S[C@@H](C)C(=O)N(C)c2ccccc2)nnc1-c1ccccc1OC. The summed E-state index contributed by atoms with van der Waals surface area (Å²) in [5.41, 5.74) is 1.70. The van der Waals surface area contributed by atoms with E-state index in [1.165, 1.54) is 11.8 Å². The van der Waals surface area contributed by atoms with E-state index in [0.29, 0.717) is 17.5 Å². The molecular formula is C22H24N4O2S. The zero-order chi connectivity index (χ0) is 20.8. The van der Waals surface area contributed by atoms with E-state index in [-0.39, 0.29) is 11.2 Å². The topological polar surface area (TPSA) is 60.2 Å². The molecule has 6 nitrogen and oxygen atoms in total. The third-order valence-electron chi connectivity index (χ3n) is 4.48. The van der Waals surface area contributed by atoms with Crippen molar-refractivity contribution in [2.75, 3.05) is 19.1 Å². The van der Waals surface area contributed by atoms with Crippen LogP contribution in [0.15, 0.2) is 72.4 Å². The van der Waals surface area contributed by atoms with Crippen LogP contribution in [0.4, 0.5) is 5.69 Å². The number of aromatic nitrogens is 3. The van der Waals surface area contributed by atoms with Gasteiger partial charge in [0.2, 0.25) is 5.91 Å². The number of ether oxygens (including phenoxy) is 1.